The van der Waals surface area contributed by atoms with Gasteiger partial charge in [-0.15, -0.1) is 0 Å². The molecule has 0 aliphatic rings. The van der Waals surface area contributed by atoms with Crippen molar-refractivity contribution in [1.82, 2.24) is 15.1 Å². The zero-order valence-corrected chi connectivity index (χ0v) is 10.7. The number of halogens is 1. The molecular weight excluding hydrogens is 247 g/mol. The van der Waals surface area contributed by atoms with Crippen molar-refractivity contribution in [2.45, 2.75) is 13.0 Å². The number of hydrogen-bond acceptors (Lipinski definition) is 3. The third kappa shape index (κ3) is 2.57. The molecule has 1 atom stereocenters. The van der Waals surface area contributed by atoms with Crippen LogP contribution in [0.4, 0.5) is 10.2 Å². The van der Waals surface area contributed by atoms with Crippen LogP contribution in [0.1, 0.15) is 29.0 Å². The average molecular weight is 262 g/mol. The van der Waals surface area contributed by atoms with Crippen molar-refractivity contribution < 1.29 is 9.18 Å². The van der Waals surface area contributed by atoms with Crippen molar-refractivity contribution in [3.63, 3.8) is 0 Å². The van der Waals surface area contributed by atoms with E-state index in [1.807, 2.05) is 0 Å². The molecule has 0 aliphatic carbocycles. The van der Waals surface area contributed by atoms with E-state index in [-0.39, 0.29) is 23.2 Å². The fourth-order valence-electron chi connectivity index (χ4n) is 1.84. The molecule has 6 heteroatoms. The number of carbonyl (C=O) groups is 1. The van der Waals surface area contributed by atoms with Crippen LogP contribution in [-0.4, -0.2) is 28.1 Å². The minimum absolute atomic E-state index is 0.246. The predicted molar refractivity (Wildman–Crippen MR) is 69.9 cm³/mol. The molecule has 0 aliphatic heterocycles. The van der Waals surface area contributed by atoms with Gasteiger partial charge in [0.05, 0.1) is 6.04 Å². The highest BCUT2D eigenvalue weighted by atomic mass is 19.1. The van der Waals surface area contributed by atoms with Crippen LogP contribution in [0.15, 0.2) is 30.3 Å². The summed E-state index contributed by atoms with van der Waals surface area (Å²) in [7, 11) is 1.61. The van der Waals surface area contributed by atoms with Gasteiger partial charge in [0.15, 0.2) is 0 Å². The zero-order valence-electron chi connectivity index (χ0n) is 10.7. The van der Waals surface area contributed by atoms with Crippen LogP contribution >= 0.6 is 0 Å². The van der Waals surface area contributed by atoms with E-state index >= 15 is 0 Å². The Hall–Kier alpha value is -2.37. The largest absolute Gasteiger partial charge is 0.382 e. The second kappa shape index (κ2) is 5.09. The van der Waals surface area contributed by atoms with Crippen molar-refractivity contribution >= 4 is 11.7 Å². The predicted octanol–water partition coefficient (Wildman–Crippen LogP) is 1.96. The van der Waals surface area contributed by atoms with Crippen LogP contribution in [0.25, 0.3) is 0 Å². The van der Waals surface area contributed by atoms with Crippen molar-refractivity contribution in [2.24, 2.45) is 0 Å². The number of aromatic amines is 1. The number of nitrogens with one attached hydrogen (secondary N) is 1. The molecule has 2 rings (SSSR count). The Morgan fingerprint density at radius 2 is 2.16 bits per heavy atom. The lowest BCUT2D eigenvalue weighted by molar-refractivity contribution is 0.0734. The number of amides is 1. The summed E-state index contributed by atoms with van der Waals surface area (Å²) < 4.78 is 13.7. The number of aromatic nitrogens is 2. The molecule has 1 aromatic carbocycles. The van der Waals surface area contributed by atoms with E-state index < -0.39 is 6.04 Å². The highest BCUT2D eigenvalue weighted by molar-refractivity contribution is 5.93. The van der Waals surface area contributed by atoms with E-state index in [0.29, 0.717) is 5.56 Å². The molecule has 3 N–H and O–H groups in total. The molecule has 19 heavy (non-hydrogen) atoms. The zero-order chi connectivity index (χ0) is 14.0. The SMILES string of the molecule is CC(c1ccccc1F)N(C)C(=O)c1cc(N)n[nH]1. The lowest BCUT2D eigenvalue weighted by Gasteiger charge is -2.25. The van der Waals surface area contributed by atoms with Gasteiger partial charge in [-0.25, -0.2) is 4.39 Å². The second-order valence-electron chi connectivity index (χ2n) is 4.32. The third-order valence-electron chi connectivity index (χ3n) is 3.08. The Morgan fingerprint density at radius 3 is 2.74 bits per heavy atom. The van der Waals surface area contributed by atoms with Crippen molar-refractivity contribution in [1.29, 1.82) is 0 Å². The van der Waals surface area contributed by atoms with E-state index in [0.717, 1.165) is 0 Å². The molecule has 0 radical (unpaired) electrons. The minimum Gasteiger partial charge on any atom is -0.382 e. The molecule has 5 nitrogen and oxygen atoms in total. The molecule has 0 fully saturated rings. The van der Waals surface area contributed by atoms with Crippen LogP contribution in [0.3, 0.4) is 0 Å². The molecule has 0 spiro atoms. The lowest BCUT2D eigenvalue weighted by atomic mass is 10.1. The summed E-state index contributed by atoms with van der Waals surface area (Å²) in [4.78, 5) is 13.6. The second-order valence-corrected chi connectivity index (χ2v) is 4.32. The number of carbonyl (C=O) groups excluding carboxylic acids is 1. The van der Waals surface area contributed by atoms with E-state index in [4.69, 9.17) is 5.73 Å². The molecule has 0 bridgehead atoms. The Kier molecular flexibility index (Phi) is 3.50. The fourth-order valence-corrected chi connectivity index (χ4v) is 1.84. The summed E-state index contributed by atoms with van der Waals surface area (Å²) in [6, 6.07) is 7.44. The molecular formula is C13H15FN4O. The van der Waals surface area contributed by atoms with Gasteiger partial charge in [-0.2, -0.15) is 5.10 Å². The molecule has 0 saturated carbocycles. The number of anilines is 1. The number of nitrogen functional groups attached to an aromatic ring is 1. The molecule has 100 valence electrons. The van der Waals surface area contributed by atoms with E-state index in [1.54, 1.807) is 32.2 Å². The lowest BCUT2D eigenvalue weighted by Crippen LogP contribution is -2.30. The minimum atomic E-state index is -0.391. The van der Waals surface area contributed by atoms with E-state index in [2.05, 4.69) is 10.2 Å². The van der Waals surface area contributed by atoms with Crippen molar-refractivity contribution in [2.75, 3.05) is 12.8 Å². The highest BCUT2D eigenvalue weighted by Gasteiger charge is 2.22. The van der Waals surface area contributed by atoms with Gasteiger partial charge in [-0.1, -0.05) is 18.2 Å². The number of nitrogens with two attached hydrogens (primary N) is 1. The number of H-pyrrole nitrogens is 1. The Balaban J connectivity index is 2.22. The summed E-state index contributed by atoms with van der Waals surface area (Å²) in [5.74, 6) is -0.381. The van der Waals surface area contributed by atoms with E-state index in [9.17, 15) is 9.18 Å². The smallest absolute Gasteiger partial charge is 0.272 e. The Morgan fingerprint density at radius 1 is 1.47 bits per heavy atom. The standard InChI is InChI=1S/C13H15FN4O/c1-8(9-5-3-4-6-10(9)14)18(2)13(19)11-7-12(15)17-16-11/h3-8H,1-2H3,(H3,15,16,17). The summed E-state index contributed by atoms with van der Waals surface area (Å²) in [6.45, 7) is 1.76. The van der Waals surface area contributed by atoms with E-state index in [1.165, 1.54) is 17.0 Å². The molecule has 1 aromatic heterocycles. The summed E-state index contributed by atoms with van der Waals surface area (Å²) in [5.41, 5.74) is 6.20. The van der Waals surface area contributed by atoms with Gasteiger partial charge in [0.2, 0.25) is 0 Å². The maximum Gasteiger partial charge on any atom is 0.272 e. The van der Waals surface area contributed by atoms with Crippen LogP contribution in [-0.2, 0) is 0 Å². The number of rotatable bonds is 3. The number of benzene rings is 1. The van der Waals surface area contributed by atoms with Gasteiger partial charge in [-0.3, -0.25) is 9.89 Å². The van der Waals surface area contributed by atoms with Gasteiger partial charge < -0.3 is 10.6 Å². The summed E-state index contributed by atoms with van der Waals surface area (Å²) >= 11 is 0. The maximum atomic E-state index is 13.7. The Bertz CT molecular complexity index is 596. The van der Waals surface area contributed by atoms with Gasteiger partial charge in [-0.05, 0) is 13.0 Å². The molecule has 0 saturated heterocycles. The fraction of sp³-hybridized carbons (Fsp3) is 0.231. The van der Waals surface area contributed by atoms with Gasteiger partial charge in [0, 0.05) is 18.7 Å². The summed E-state index contributed by atoms with van der Waals surface area (Å²) in [6.07, 6.45) is 0. The van der Waals surface area contributed by atoms with Crippen molar-refractivity contribution in [3.05, 3.63) is 47.4 Å². The number of nitrogens with zero attached hydrogens (tertiary/aromatic N) is 2. The summed E-state index contributed by atoms with van der Waals surface area (Å²) in [5, 5.41) is 6.25. The topological polar surface area (TPSA) is 75.0 Å². The first kappa shape index (κ1) is 13.1. The molecule has 1 unspecified atom stereocenters. The van der Waals surface area contributed by atoms with Crippen LogP contribution in [0.5, 0.6) is 0 Å². The highest BCUT2D eigenvalue weighted by Crippen LogP contribution is 2.22. The first-order valence-electron chi connectivity index (χ1n) is 5.83. The van der Waals surface area contributed by atoms with Crippen LogP contribution in [0.2, 0.25) is 0 Å². The normalized spacial score (nSPS) is 12.2. The van der Waals surface area contributed by atoms with Crippen LogP contribution in [0, 0.1) is 5.82 Å². The first-order chi connectivity index (χ1) is 9.00. The average Bonchev–Trinajstić information content (AvgIpc) is 2.83. The monoisotopic (exact) mass is 262 g/mol. The van der Waals surface area contributed by atoms with Gasteiger partial charge >= 0.3 is 0 Å². The van der Waals surface area contributed by atoms with Gasteiger partial charge in [0.1, 0.15) is 17.3 Å². The molecule has 1 heterocycles. The maximum absolute atomic E-state index is 13.7. The number of hydrogen-bond donors (Lipinski definition) is 2. The third-order valence-corrected chi connectivity index (χ3v) is 3.08. The molecule has 2 aromatic rings. The Labute approximate surface area is 110 Å². The van der Waals surface area contributed by atoms with Crippen LogP contribution < -0.4 is 5.73 Å². The van der Waals surface area contributed by atoms with Gasteiger partial charge in [0.25, 0.3) is 5.91 Å². The first-order valence-corrected chi connectivity index (χ1v) is 5.83. The molecule has 1 amide bonds. The quantitative estimate of drug-likeness (QED) is 0.888. The van der Waals surface area contributed by atoms with Crippen molar-refractivity contribution in [3.8, 4) is 0 Å².